The van der Waals surface area contributed by atoms with E-state index < -0.39 is 21.4 Å². The number of carbonyl (C=O) groups excluding carboxylic acids is 1. The molecule has 0 bridgehead atoms. The Morgan fingerprint density at radius 1 is 1.35 bits per heavy atom. The highest BCUT2D eigenvalue weighted by Crippen LogP contribution is 2.27. The normalized spacial score (nSPS) is 18.0. The topological polar surface area (TPSA) is 111 Å². The molecule has 0 saturated heterocycles. The number of aromatic nitrogens is 1. The van der Waals surface area contributed by atoms with Crippen LogP contribution in [0, 0.1) is 0 Å². The lowest BCUT2D eigenvalue weighted by molar-refractivity contribution is 0.147. The maximum absolute atomic E-state index is 12.6. The van der Waals surface area contributed by atoms with Crippen LogP contribution >= 0.6 is 0 Å². The predicted octanol–water partition coefficient (Wildman–Crippen LogP) is 2.43. The zero-order valence-corrected chi connectivity index (χ0v) is 14.0. The van der Waals surface area contributed by atoms with E-state index in [1.807, 2.05) is 0 Å². The van der Waals surface area contributed by atoms with Gasteiger partial charge in [-0.25, -0.2) is 13.2 Å². The molecule has 0 aromatic carbocycles. The van der Waals surface area contributed by atoms with Gasteiger partial charge in [-0.1, -0.05) is 25.7 Å². The number of sulfone groups is 1. The molecule has 1 heterocycles. The van der Waals surface area contributed by atoms with Crippen LogP contribution in [0.5, 0.6) is 0 Å². The lowest BCUT2D eigenvalue weighted by Crippen LogP contribution is -2.29. The van der Waals surface area contributed by atoms with Gasteiger partial charge in [-0.3, -0.25) is 4.98 Å². The Labute approximate surface area is 136 Å². The van der Waals surface area contributed by atoms with E-state index in [9.17, 15) is 13.2 Å². The van der Waals surface area contributed by atoms with Crippen LogP contribution in [0.4, 0.5) is 10.5 Å². The molecule has 1 aromatic heterocycles. The Hall–Kier alpha value is -1.83. The number of pyridine rings is 1. The molecule has 0 spiro atoms. The van der Waals surface area contributed by atoms with E-state index in [4.69, 9.17) is 5.73 Å². The quantitative estimate of drug-likeness (QED) is 0.796. The first-order valence-electron chi connectivity index (χ1n) is 7.82. The lowest BCUT2D eigenvalue weighted by Gasteiger charge is -2.21. The lowest BCUT2D eigenvalue weighted by atomic mass is 10.1. The third-order valence-corrected chi connectivity index (χ3v) is 5.93. The predicted molar refractivity (Wildman–Crippen MR) is 86.7 cm³/mol. The SMILES string of the molecule is CC(OC(N)=O)S(=O)(=O)c1cnccc1NC1CCCCCC1. The van der Waals surface area contributed by atoms with Crippen LogP contribution in [0.15, 0.2) is 23.4 Å². The number of amides is 1. The molecular formula is C15H23N3O4S. The van der Waals surface area contributed by atoms with Crippen molar-refractivity contribution in [2.24, 2.45) is 5.73 Å². The number of nitrogens with zero attached hydrogens (tertiary/aromatic N) is 1. The number of carbonyl (C=O) groups is 1. The molecule has 3 N–H and O–H groups in total. The number of hydrogen-bond acceptors (Lipinski definition) is 6. The number of anilines is 1. The highest BCUT2D eigenvalue weighted by Gasteiger charge is 2.29. The zero-order valence-electron chi connectivity index (χ0n) is 13.2. The van der Waals surface area contributed by atoms with Gasteiger partial charge in [0.1, 0.15) is 4.90 Å². The monoisotopic (exact) mass is 341 g/mol. The van der Waals surface area contributed by atoms with Crippen molar-refractivity contribution in [3.63, 3.8) is 0 Å². The molecule has 1 unspecified atom stereocenters. The smallest absolute Gasteiger partial charge is 0.405 e. The van der Waals surface area contributed by atoms with E-state index in [1.165, 1.54) is 32.2 Å². The molecule has 0 radical (unpaired) electrons. The summed E-state index contributed by atoms with van der Waals surface area (Å²) in [7, 11) is -3.87. The van der Waals surface area contributed by atoms with Crippen LogP contribution in [0.3, 0.4) is 0 Å². The number of hydrogen-bond donors (Lipinski definition) is 2. The first kappa shape index (κ1) is 17.5. The maximum Gasteiger partial charge on any atom is 0.405 e. The third-order valence-electron chi connectivity index (χ3n) is 4.02. The molecule has 128 valence electrons. The van der Waals surface area contributed by atoms with Gasteiger partial charge < -0.3 is 15.8 Å². The summed E-state index contributed by atoms with van der Waals surface area (Å²) < 4.78 is 29.8. The van der Waals surface area contributed by atoms with Crippen LogP contribution in [-0.2, 0) is 14.6 Å². The first-order valence-corrected chi connectivity index (χ1v) is 9.36. The number of nitrogens with one attached hydrogen (secondary N) is 1. The van der Waals surface area contributed by atoms with E-state index in [-0.39, 0.29) is 10.9 Å². The fourth-order valence-electron chi connectivity index (χ4n) is 2.78. The van der Waals surface area contributed by atoms with Crippen molar-refractivity contribution in [1.29, 1.82) is 0 Å². The molecule has 1 atom stereocenters. The van der Waals surface area contributed by atoms with E-state index >= 15 is 0 Å². The van der Waals surface area contributed by atoms with Gasteiger partial charge >= 0.3 is 6.09 Å². The first-order chi connectivity index (χ1) is 10.9. The number of nitrogens with two attached hydrogens (primary N) is 1. The van der Waals surface area contributed by atoms with Crippen molar-refractivity contribution >= 4 is 21.6 Å². The van der Waals surface area contributed by atoms with Crippen molar-refractivity contribution in [2.45, 2.75) is 61.8 Å². The van der Waals surface area contributed by atoms with Crippen molar-refractivity contribution in [1.82, 2.24) is 4.98 Å². The summed E-state index contributed by atoms with van der Waals surface area (Å²) in [6.07, 6.45) is 8.39. The van der Waals surface area contributed by atoms with Gasteiger partial charge in [-0.2, -0.15) is 0 Å². The minimum absolute atomic E-state index is 0.0259. The van der Waals surface area contributed by atoms with Crippen LogP contribution < -0.4 is 11.1 Å². The van der Waals surface area contributed by atoms with E-state index in [0.29, 0.717) is 5.69 Å². The van der Waals surface area contributed by atoms with Gasteiger partial charge in [0, 0.05) is 18.4 Å². The van der Waals surface area contributed by atoms with Gasteiger partial charge in [0.25, 0.3) is 0 Å². The molecule has 1 fully saturated rings. The maximum atomic E-state index is 12.6. The zero-order chi connectivity index (χ0) is 16.9. The molecule has 0 aliphatic heterocycles. The van der Waals surface area contributed by atoms with Gasteiger partial charge in [0.2, 0.25) is 15.3 Å². The second-order valence-corrected chi connectivity index (χ2v) is 7.95. The van der Waals surface area contributed by atoms with Crippen molar-refractivity contribution < 1.29 is 17.9 Å². The van der Waals surface area contributed by atoms with Crippen molar-refractivity contribution in [2.75, 3.05) is 5.32 Å². The minimum atomic E-state index is -3.87. The molecule has 2 rings (SSSR count). The minimum Gasteiger partial charge on any atom is -0.430 e. The summed E-state index contributed by atoms with van der Waals surface area (Å²) in [6, 6.07) is 1.87. The Morgan fingerprint density at radius 3 is 2.61 bits per heavy atom. The molecule has 1 aliphatic rings. The highest BCUT2D eigenvalue weighted by atomic mass is 32.2. The molecule has 1 aromatic rings. The third kappa shape index (κ3) is 4.57. The molecule has 7 nitrogen and oxygen atoms in total. The average Bonchev–Trinajstić information content (AvgIpc) is 2.75. The van der Waals surface area contributed by atoms with Gasteiger partial charge in [-0.05, 0) is 25.8 Å². The fraction of sp³-hybridized carbons (Fsp3) is 0.600. The van der Waals surface area contributed by atoms with E-state index in [2.05, 4.69) is 15.0 Å². The second kappa shape index (κ2) is 7.63. The Balaban J connectivity index is 2.24. The molecular weight excluding hydrogens is 318 g/mol. The molecule has 8 heteroatoms. The summed E-state index contributed by atoms with van der Waals surface area (Å²) >= 11 is 0. The van der Waals surface area contributed by atoms with Gasteiger partial charge in [-0.15, -0.1) is 0 Å². The van der Waals surface area contributed by atoms with Crippen LogP contribution in [0.2, 0.25) is 0 Å². The van der Waals surface area contributed by atoms with E-state index in [0.717, 1.165) is 25.7 Å². The molecule has 23 heavy (non-hydrogen) atoms. The second-order valence-electron chi connectivity index (χ2n) is 5.75. The summed E-state index contributed by atoms with van der Waals surface area (Å²) in [5.74, 6) is 0. The van der Waals surface area contributed by atoms with Gasteiger partial charge in [0.05, 0.1) is 5.69 Å². The average molecular weight is 341 g/mol. The molecule has 1 aliphatic carbocycles. The molecule has 1 saturated carbocycles. The Morgan fingerprint density at radius 2 is 2.00 bits per heavy atom. The van der Waals surface area contributed by atoms with Crippen molar-refractivity contribution in [3.05, 3.63) is 18.5 Å². The Bertz CT molecular complexity index is 640. The number of ether oxygens (including phenoxy) is 1. The highest BCUT2D eigenvalue weighted by molar-refractivity contribution is 7.92. The summed E-state index contributed by atoms with van der Waals surface area (Å²) in [5, 5.41) is 3.31. The summed E-state index contributed by atoms with van der Waals surface area (Å²) in [6.45, 7) is 1.28. The summed E-state index contributed by atoms with van der Waals surface area (Å²) in [5.41, 5.74) is 4.05. The summed E-state index contributed by atoms with van der Waals surface area (Å²) in [4.78, 5) is 14.8. The van der Waals surface area contributed by atoms with Crippen LogP contribution in [0.1, 0.15) is 45.4 Å². The molecule has 1 amide bonds. The number of primary amides is 1. The Kier molecular flexibility index (Phi) is 5.81. The number of rotatable bonds is 5. The van der Waals surface area contributed by atoms with Crippen molar-refractivity contribution in [3.8, 4) is 0 Å². The van der Waals surface area contributed by atoms with E-state index in [1.54, 1.807) is 6.07 Å². The van der Waals surface area contributed by atoms with Crippen LogP contribution in [-0.4, -0.2) is 31.0 Å². The van der Waals surface area contributed by atoms with Gasteiger partial charge in [0.15, 0.2) is 0 Å². The largest absolute Gasteiger partial charge is 0.430 e. The van der Waals surface area contributed by atoms with Crippen LogP contribution in [0.25, 0.3) is 0 Å². The fourth-order valence-corrected chi connectivity index (χ4v) is 4.00. The standard InChI is InChI=1S/C15H23N3O4S/c1-11(22-15(16)19)23(20,21)14-10-17-9-8-13(14)18-12-6-4-2-3-5-7-12/h8-12H,2-7H2,1H3,(H2,16,19)(H,17,18).